The van der Waals surface area contributed by atoms with Gasteiger partial charge in [0.25, 0.3) is 0 Å². The molecule has 0 atom stereocenters. The molecule has 0 aromatic heterocycles. The first-order valence-electron chi connectivity index (χ1n) is 19.7. The Bertz CT molecular complexity index is 3200. The van der Waals surface area contributed by atoms with Gasteiger partial charge in [0, 0.05) is 17.1 Å². The van der Waals surface area contributed by atoms with Crippen LogP contribution in [-0.2, 0) is 0 Å². The van der Waals surface area contributed by atoms with E-state index in [1.807, 2.05) is 0 Å². The van der Waals surface area contributed by atoms with Crippen molar-refractivity contribution in [1.29, 1.82) is 0 Å². The summed E-state index contributed by atoms with van der Waals surface area (Å²) >= 11 is 0. The lowest BCUT2D eigenvalue weighted by atomic mass is 9.81. The third-order valence-electron chi connectivity index (χ3n) is 11.6. The van der Waals surface area contributed by atoms with Crippen molar-refractivity contribution in [2.45, 2.75) is 0 Å². The molecule has 0 bridgehead atoms. The van der Waals surface area contributed by atoms with E-state index in [1.165, 1.54) is 87.2 Å². The molecule has 57 heavy (non-hydrogen) atoms. The monoisotopic (exact) mass is 723 g/mol. The summed E-state index contributed by atoms with van der Waals surface area (Å²) < 4.78 is 0. The smallest absolute Gasteiger partial charge is 0.0468 e. The largest absolute Gasteiger partial charge is 0.310 e. The van der Waals surface area contributed by atoms with Gasteiger partial charge in [-0.15, -0.1) is 0 Å². The number of nitrogens with zero attached hydrogens (tertiary/aromatic N) is 1. The topological polar surface area (TPSA) is 3.24 Å². The summed E-state index contributed by atoms with van der Waals surface area (Å²) in [5.74, 6) is 0. The molecule has 0 aliphatic heterocycles. The Hall–Kier alpha value is -7.48. The molecule has 0 aliphatic carbocycles. The molecule has 0 fully saturated rings. The van der Waals surface area contributed by atoms with E-state index in [0.29, 0.717) is 0 Å². The van der Waals surface area contributed by atoms with E-state index in [1.54, 1.807) is 0 Å². The second-order valence-corrected chi connectivity index (χ2v) is 14.9. The Morgan fingerprint density at radius 1 is 0.246 bits per heavy atom. The van der Waals surface area contributed by atoms with Crippen LogP contribution in [0.4, 0.5) is 17.1 Å². The van der Waals surface area contributed by atoms with Gasteiger partial charge in [0.05, 0.1) is 0 Å². The van der Waals surface area contributed by atoms with Crippen molar-refractivity contribution in [3.8, 4) is 33.4 Å². The summed E-state index contributed by atoms with van der Waals surface area (Å²) in [5.41, 5.74) is 10.7. The lowest BCUT2D eigenvalue weighted by molar-refractivity contribution is 1.30. The molecule has 1 heteroatoms. The third kappa shape index (κ3) is 5.63. The Morgan fingerprint density at radius 2 is 0.684 bits per heavy atom. The van der Waals surface area contributed by atoms with Gasteiger partial charge in [0.15, 0.2) is 0 Å². The Kier molecular flexibility index (Phi) is 7.89. The fourth-order valence-electron chi connectivity index (χ4n) is 8.95. The van der Waals surface area contributed by atoms with Gasteiger partial charge in [-0.25, -0.2) is 0 Å². The highest BCUT2D eigenvalue weighted by Gasteiger charge is 2.23. The first-order chi connectivity index (χ1) is 28.3. The summed E-state index contributed by atoms with van der Waals surface area (Å²) in [5, 5.41) is 12.4. The van der Waals surface area contributed by atoms with Crippen LogP contribution in [0.15, 0.2) is 224 Å². The van der Waals surface area contributed by atoms with Crippen LogP contribution in [0.5, 0.6) is 0 Å². The Balaban J connectivity index is 1.26. The zero-order valence-electron chi connectivity index (χ0n) is 31.3. The predicted octanol–water partition coefficient (Wildman–Crippen LogP) is 15.9. The van der Waals surface area contributed by atoms with Gasteiger partial charge in [0.1, 0.15) is 0 Å². The number of hydrogen-bond donors (Lipinski definition) is 0. The van der Waals surface area contributed by atoms with E-state index in [-0.39, 0.29) is 0 Å². The average Bonchev–Trinajstić information content (AvgIpc) is 3.29. The molecule has 0 heterocycles. The number of fused-ring (bicyclic) bond motifs is 8. The van der Waals surface area contributed by atoms with E-state index in [9.17, 15) is 0 Å². The molecule has 11 aromatic carbocycles. The zero-order valence-corrected chi connectivity index (χ0v) is 31.3. The van der Waals surface area contributed by atoms with Gasteiger partial charge in [0.2, 0.25) is 0 Å². The molecular formula is C56H37N. The van der Waals surface area contributed by atoms with E-state index in [4.69, 9.17) is 0 Å². The van der Waals surface area contributed by atoms with Gasteiger partial charge in [-0.1, -0.05) is 182 Å². The van der Waals surface area contributed by atoms with Crippen molar-refractivity contribution in [3.63, 3.8) is 0 Å². The molecule has 266 valence electrons. The van der Waals surface area contributed by atoms with Crippen LogP contribution in [0.1, 0.15) is 0 Å². The average molecular weight is 724 g/mol. The SMILES string of the molecule is c1ccc(-c2cc(-c3ccccc3)c3c4ccc(N(c5ccc6ccccc6c5)c5ccc6ccccc6c5)cc4c4ccccc4c3c2-c2ccccc2)cc1. The minimum absolute atomic E-state index is 1.11. The van der Waals surface area contributed by atoms with Crippen LogP contribution in [0, 0.1) is 0 Å². The van der Waals surface area contributed by atoms with Crippen LogP contribution in [0.2, 0.25) is 0 Å². The van der Waals surface area contributed by atoms with Gasteiger partial charge in [-0.05, 0) is 130 Å². The second kappa shape index (κ2) is 13.7. The lowest BCUT2D eigenvalue weighted by Crippen LogP contribution is -2.10. The highest BCUT2D eigenvalue weighted by molar-refractivity contribution is 6.33. The fraction of sp³-hybridized carbons (Fsp3) is 0. The minimum atomic E-state index is 1.11. The normalized spacial score (nSPS) is 11.5. The molecule has 11 aromatic rings. The molecule has 0 amide bonds. The molecule has 0 saturated heterocycles. The number of anilines is 3. The lowest BCUT2D eigenvalue weighted by Gasteiger charge is -2.27. The van der Waals surface area contributed by atoms with E-state index < -0.39 is 0 Å². The van der Waals surface area contributed by atoms with E-state index in [2.05, 4.69) is 229 Å². The summed E-state index contributed by atoms with van der Waals surface area (Å²) in [6.45, 7) is 0. The van der Waals surface area contributed by atoms with Gasteiger partial charge < -0.3 is 4.90 Å². The summed E-state index contributed by atoms with van der Waals surface area (Å²) in [7, 11) is 0. The quantitative estimate of drug-likeness (QED) is 0.154. The summed E-state index contributed by atoms with van der Waals surface area (Å²) in [6.07, 6.45) is 0. The maximum atomic E-state index is 2.44. The standard InChI is InChI=1S/C56H37N/c1-4-18-40(19-5-1)51-37-52(41-20-6-2-7-21-41)55-50-33-32-47(36-53(50)48-26-14-15-27-49(48)56(55)54(51)42-22-8-3-9-23-42)57(45-30-28-38-16-10-12-24-43(38)34-45)46-31-29-39-17-11-13-25-44(39)35-46/h1-37H. The van der Waals surface area contributed by atoms with Gasteiger partial charge in [-0.2, -0.15) is 0 Å². The molecule has 11 rings (SSSR count). The van der Waals surface area contributed by atoms with Crippen LogP contribution in [-0.4, -0.2) is 0 Å². The highest BCUT2D eigenvalue weighted by atomic mass is 15.1. The Labute approximate surface area is 332 Å². The molecule has 0 aliphatic rings. The number of benzene rings is 11. The van der Waals surface area contributed by atoms with Gasteiger partial charge >= 0.3 is 0 Å². The van der Waals surface area contributed by atoms with Gasteiger partial charge in [-0.3, -0.25) is 0 Å². The molecule has 0 unspecified atom stereocenters. The summed E-state index contributed by atoms with van der Waals surface area (Å²) in [4.78, 5) is 2.42. The first kappa shape index (κ1) is 32.9. The highest BCUT2D eigenvalue weighted by Crippen LogP contribution is 2.50. The van der Waals surface area contributed by atoms with Crippen LogP contribution >= 0.6 is 0 Å². The van der Waals surface area contributed by atoms with Crippen molar-refractivity contribution < 1.29 is 0 Å². The molecule has 0 radical (unpaired) electrons. The third-order valence-corrected chi connectivity index (χ3v) is 11.6. The van der Waals surface area contributed by atoms with Crippen LogP contribution in [0.25, 0.3) is 87.2 Å². The van der Waals surface area contributed by atoms with E-state index >= 15 is 0 Å². The molecular weight excluding hydrogens is 687 g/mol. The molecule has 1 nitrogen and oxygen atoms in total. The predicted molar refractivity (Wildman–Crippen MR) is 245 cm³/mol. The minimum Gasteiger partial charge on any atom is -0.310 e. The number of rotatable bonds is 6. The fourth-order valence-corrected chi connectivity index (χ4v) is 8.95. The first-order valence-corrected chi connectivity index (χ1v) is 19.7. The van der Waals surface area contributed by atoms with Crippen LogP contribution < -0.4 is 4.90 Å². The van der Waals surface area contributed by atoms with Crippen molar-refractivity contribution in [3.05, 3.63) is 224 Å². The second-order valence-electron chi connectivity index (χ2n) is 14.9. The van der Waals surface area contributed by atoms with Crippen molar-refractivity contribution >= 4 is 70.9 Å². The zero-order chi connectivity index (χ0) is 37.7. The maximum absolute atomic E-state index is 2.44. The molecule has 0 saturated carbocycles. The summed E-state index contributed by atoms with van der Waals surface area (Å²) in [6, 6.07) is 82.2. The van der Waals surface area contributed by atoms with Crippen LogP contribution in [0.3, 0.4) is 0 Å². The molecule has 0 N–H and O–H groups in total. The van der Waals surface area contributed by atoms with E-state index in [0.717, 1.165) is 17.1 Å². The maximum Gasteiger partial charge on any atom is 0.0468 e. The number of hydrogen-bond acceptors (Lipinski definition) is 1. The van der Waals surface area contributed by atoms with Crippen molar-refractivity contribution in [2.24, 2.45) is 0 Å². The molecule has 0 spiro atoms. The van der Waals surface area contributed by atoms with Crippen molar-refractivity contribution in [2.75, 3.05) is 4.90 Å². The Morgan fingerprint density at radius 3 is 1.28 bits per heavy atom. The van der Waals surface area contributed by atoms with Crippen molar-refractivity contribution in [1.82, 2.24) is 0 Å².